The summed E-state index contributed by atoms with van der Waals surface area (Å²) in [7, 11) is 1.62. The zero-order valence-electron chi connectivity index (χ0n) is 14.3. The zero-order valence-corrected chi connectivity index (χ0v) is 14.3. The minimum Gasteiger partial charge on any atom is -0.497 e. The van der Waals surface area contributed by atoms with Crippen LogP contribution in [0.1, 0.15) is 15.9 Å². The van der Waals surface area contributed by atoms with Gasteiger partial charge >= 0.3 is 0 Å². The molecule has 0 aliphatic heterocycles. The summed E-state index contributed by atoms with van der Waals surface area (Å²) in [6.07, 6.45) is 0. The van der Waals surface area contributed by atoms with Gasteiger partial charge in [0.05, 0.1) is 7.11 Å². The molecule has 2 nitrogen and oxygen atoms in total. The first-order chi connectivity index (χ1) is 12.8. The van der Waals surface area contributed by atoms with Crippen molar-refractivity contribution < 1.29 is 9.53 Å². The van der Waals surface area contributed by atoms with Crippen molar-refractivity contribution in [1.29, 1.82) is 0 Å². The van der Waals surface area contributed by atoms with E-state index in [0.29, 0.717) is 5.56 Å². The van der Waals surface area contributed by atoms with Gasteiger partial charge in [-0.25, -0.2) is 0 Å². The highest BCUT2D eigenvalue weighted by molar-refractivity contribution is 6.28. The second-order valence-corrected chi connectivity index (χ2v) is 6.53. The molecule has 0 heterocycles. The van der Waals surface area contributed by atoms with Gasteiger partial charge in [-0.15, -0.1) is 0 Å². The largest absolute Gasteiger partial charge is 0.497 e. The van der Waals surface area contributed by atoms with E-state index in [1.54, 1.807) is 7.11 Å². The fourth-order valence-electron chi connectivity index (χ4n) is 3.83. The summed E-state index contributed by atoms with van der Waals surface area (Å²) in [6.45, 7) is 0. The molecule has 0 atom stereocenters. The van der Waals surface area contributed by atoms with E-state index < -0.39 is 0 Å². The summed E-state index contributed by atoms with van der Waals surface area (Å²) < 4.78 is 5.19. The van der Waals surface area contributed by atoms with Crippen LogP contribution in [0.3, 0.4) is 0 Å². The molecule has 0 amide bonds. The van der Waals surface area contributed by atoms with Gasteiger partial charge < -0.3 is 4.74 Å². The predicted molar refractivity (Wildman–Crippen MR) is 107 cm³/mol. The first-order valence-electron chi connectivity index (χ1n) is 8.61. The average molecular weight is 336 g/mol. The van der Waals surface area contributed by atoms with Crippen LogP contribution in [0.4, 0.5) is 0 Å². The molecule has 5 aromatic rings. The van der Waals surface area contributed by atoms with Gasteiger partial charge in [0.15, 0.2) is 5.78 Å². The summed E-state index contributed by atoms with van der Waals surface area (Å²) in [5.74, 6) is 0.780. The Balaban J connectivity index is 1.78. The summed E-state index contributed by atoms with van der Waals surface area (Å²) in [5.41, 5.74) is 1.40. The van der Waals surface area contributed by atoms with E-state index in [-0.39, 0.29) is 5.78 Å². The molecule has 26 heavy (non-hydrogen) atoms. The van der Waals surface area contributed by atoms with Gasteiger partial charge in [-0.2, -0.15) is 0 Å². The number of carbonyl (C=O) groups excluding carboxylic acids is 1. The highest BCUT2D eigenvalue weighted by Crippen LogP contribution is 2.36. The minimum absolute atomic E-state index is 0.0330. The molecule has 0 unspecified atom stereocenters. The van der Waals surface area contributed by atoms with Gasteiger partial charge in [0.1, 0.15) is 5.75 Å². The third-order valence-corrected chi connectivity index (χ3v) is 5.13. The Morgan fingerprint density at radius 2 is 1.31 bits per heavy atom. The smallest absolute Gasteiger partial charge is 0.193 e. The normalized spacial score (nSPS) is 11.4. The Bertz CT molecular complexity index is 1250. The molecule has 0 aliphatic carbocycles. The van der Waals surface area contributed by atoms with Gasteiger partial charge in [0.25, 0.3) is 0 Å². The van der Waals surface area contributed by atoms with Crippen molar-refractivity contribution in [3.8, 4) is 5.75 Å². The quantitative estimate of drug-likeness (QED) is 0.306. The molecule has 0 aliphatic rings. The maximum Gasteiger partial charge on any atom is 0.193 e. The number of benzene rings is 5. The number of hydrogen-bond acceptors (Lipinski definition) is 2. The van der Waals surface area contributed by atoms with Crippen molar-refractivity contribution in [2.45, 2.75) is 0 Å². The standard InChI is InChI=1S/C24H16O2/c1-26-19-11-7-18(8-12-19)24(25)21-14-10-17-6-5-15-3-2-4-16-9-13-20(21)23(17)22(15)16/h2-14H,1H3. The number of carbonyl (C=O) groups is 1. The molecule has 5 aromatic carbocycles. The topological polar surface area (TPSA) is 26.3 Å². The summed E-state index contributed by atoms with van der Waals surface area (Å²) in [4.78, 5) is 13.2. The lowest BCUT2D eigenvalue weighted by Gasteiger charge is -2.13. The Morgan fingerprint density at radius 3 is 2.00 bits per heavy atom. The lowest BCUT2D eigenvalue weighted by Crippen LogP contribution is -2.02. The van der Waals surface area contributed by atoms with Crippen LogP contribution in [-0.4, -0.2) is 12.9 Å². The predicted octanol–water partition coefficient (Wildman–Crippen LogP) is 5.82. The molecule has 0 N–H and O–H groups in total. The van der Waals surface area contributed by atoms with E-state index in [1.165, 1.54) is 21.5 Å². The van der Waals surface area contributed by atoms with Crippen molar-refractivity contribution >= 4 is 38.1 Å². The number of ketones is 1. The first-order valence-corrected chi connectivity index (χ1v) is 8.61. The van der Waals surface area contributed by atoms with E-state index in [2.05, 4.69) is 42.5 Å². The molecular weight excluding hydrogens is 320 g/mol. The first kappa shape index (κ1) is 14.9. The van der Waals surface area contributed by atoms with Crippen LogP contribution in [0.2, 0.25) is 0 Å². The highest BCUT2D eigenvalue weighted by atomic mass is 16.5. The molecule has 2 heteroatoms. The highest BCUT2D eigenvalue weighted by Gasteiger charge is 2.16. The van der Waals surface area contributed by atoms with E-state index in [4.69, 9.17) is 4.74 Å². The number of ether oxygens (including phenoxy) is 1. The van der Waals surface area contributed by atoms with Crippen LogP contribution in [0, 0.1) is 0 Å². The summed E-state index contributed by atoms with van der Waals surface area (Å²) in [6, 6.07) is 26.0. The molecule has 0 radical (unpaired) electrons. The van der Waals surface area contributed by atoms with Gasteiger partial charge in [-0.1, -0.05) is 48.5 Å². The van der Waals surface area contributed by atoms with E-state index in [0.717, 1.165) is 22.1 Å². The van der Waals surface area contributed by atoms with Crippen molar-refractivity contribution in [3.05, 3.63) is 90.0 Å². The van der Waals surface area contributed by atoms with Crippen LogP contribution in [0.15, 0.2) is 78.9 Å². The minimum atomic E-state index is 0.0330. The molecule has 0 saturated heterocycles. The molecule has 0 saturated carbocycles. The molecule has 0 fully saturated rings. The zero-order chi connectivity index (χ0) is 17.7. The molecule has 0 aromatic heterocycles. The van der Waals surface area contributed by atoms with E-state index in [1.807, 2.05) is 36.4 Å². The monoisotopic (exact) mass is 336 g/mol. The number of rotatable bonds is 3. The average Bonchev–Trinajstić information content (AvgIpc) is 2.71. The van der Waals surface area contributed by atoms with Crippen molar-refractivity contribution in [1.82, 2.24) is 0 Å². The second kappa shape index (κ2) is 5.57. The number of methoxy groups -OCH3 is 1. The van der Waals surface area contributed by atoms with Crippen molar-refractivity contribution in [3.63, 3.8) is 0 Å². The Hall–Kier alpha value is -3.39. The molecule has 0 bridgehead atoms. The van der Waals surface area contributed by atoms with Gasteiger partial charge in [-0.05, 0) is 62.6 Å². The van der Waals surface area contributed by atoms with Crippen LogP contribution < -0.4 is 4.74 Å². The molecule has 0 spiro atoms. The van der Waals surface area contributed by atoms with Crippen LogP contribution >= 0.6 is 0 Å². The van der Waals surface area contributed by atoms with Crippen LogP contribution in [0.5, 0.6) is 5.75 Å². The fourth-order valence-corrected chi connectivity index (χ4v) is 3.83. The Morgan fingerprint density at radius 1 is 0.692 bits per heavy atom. The fraction of sp³-hybridized carbons (Fsp3) is 0.0417. The Kier molecular flexibility index (Phi) is 3.19. The van der Waals surface area contributed by atoms with Crippen molar-refractivity contribution in [2.24, 2.45) is 0 Å². The maximum atomic E-state index is 13.2. The van der Waals surface area contributed by atoms with Crippen molar-refractivity contribution in [2.75, 3.05) is 7.11 Å². The van der Waals surface area contributed by atoms with Gasteiger partial charge in [0.2, 0.25) is 0 Å². The van der Waals surface area contributed by atoms with Gasteiger partial charge in [0, 0.05) is 11.1 Å². The van der Waals surface area contributed by atoms with Gasteiger partial charge in [-0.3, -0.25) is 4.79 Å². The molecule has 5 rings (SSSR count). The molecular formula is C24H16O2. The van der Waals surface area contributed by atoms with E-state index >= 15 is 0 Å². The summed E-state index contributed by atoms with van der Waals surface area (Å²) >= 11 is 0. The molecule has 124 valence electrons. The lowest BCUT2D eigenvalue weighted by molar-refractivity contribution is 0.104. The SMILES string of the molecule is COc1ccc(C(=O)c2ccc3ccc4cccc5ccc2c3c45)cc1. The van der Waals surface area contributed by atoms with Crippen LogP contribution in [-0.2, 0) is 0 Å². The second-order valence-electron chi connectivity index (χ2n) is 6.53. The Labute approximate surface area is 151 Å². The summed E-state index contributed by atoms with van der Waals surface area (Å²) in [5, 5.41) is 6.97. The third kappa shape index (κ3) is 2.09. The lowest BCUT2D eigenvalue weighted by atomic mass is 9.90. The third-order valence-electron chi connectivity index (χ3n) is 5.13. The maximum absolute atomic E-state index is 13.2. The van der Waals surface area contributed by atoms with E-state index in [9.17, 15) is 4.79 Å². The number of hydrogen-bond donors (Lipinski definition) is 0. The van der Waals surface area contributed by atoms with Crippen LogP contribution in [0.25, 0.3) is 32.3 Å².